The van der Waals surface area contributed by atoms with Gasteiger partial charge in [-0.1, -0.05) is 36.4 Å². The SMILES string of the molecule is Nc1cccc(S(=O)(=O)O)c1-c1ccccc1.[NaH]. The quantitative estimate of drug-likeness (QED) is 0.494. The Morgan fingerprint density at radius 2 is 1.56 bits per heavy atom. The zero-order chi connectivity index (χ0) is 12.5. The summed E-state index contributed by atoms with van der Waals surface area (Å²) in [6, 6.07) is 13.2. The first-order valence-corrected chi connectivity index (χ1v) is 6.35. The molecule has 0 atom stereocenters. The summed E-state index contributed by atoms with van der Waals surface area (Å²) in [5, 5.41) is 0. The summed E-state index contributed by atoms with van der Waals surface area (Å²) < 4.78 is 31.7. The molecule has 0 saturated carbocycles. The van der Waals surface area contributed by atoms with Crippen molar-refractivity contribution in [1.29, 1.82) is 0 Å². The summed E-state index contributed by atoms with van der Waals surface area (Å²) in [7, 11) is -4.28. The summed E-state index contributed by atoms with van der Waals surface area (Å²) in [4.78, 5) is -0.177. The molecule has 2 aromatic rings. The Morgan fingerprint density at radius 1 is 0.944 bits per heavy atom. The van der Waals surface area contributed by atoms with E-state index in [4.69, 9.17) is 5.73 Å². The Labute approximate surface area is 128 Å². The molecule has 3 N–H and O–H groups in total. The van der Waals surface area contributed by atoms with Crippen LogP contribution in [0.4, 0.5) is 5.69 Å². The molecule has 0 aliphatic heterocycles. The summed E-state index contributed by atoms with van der Waals surface area (Å²) >= 11 is 0. The van der Waals surface area contributed by atoms with Crippen LogP contribution in [0.15, 0.2) is 53.4 Å². The molecule has 0 aromatic heterocycles. The monoisotopic (exact) mass is 273 g/mol. The second kappa shape index (κ2) is 5.86. The standard InChI is InChI=1S/C12H11NO3S.Na.H/c13-10-7-4-8-11(17(14,15)16)12(10)9-5-2-1-3-6-9;;/h1-8H,13H2,(H,14,15,16);;. The molecule has 18 heavy (non-hydrogen) atoms. The van der Waals surface area contributed by atoms with E-state index in [0.29, 0.717) is 16.8 Å². The van der Waals surface area contributed by atoms with E-state index in [1.165, 1.54) is 12.1 Å². The normalized spacial score (nSPS) is 10.7. The van der Waals surface area contributed by atoms with Gasteiger partial charge in [-0.05, 0) is 17.7 Å². The fourth-order valence-electron chi connectivity index (χ4n) is 1.68. The van der Waals surface area contributed by atoms with Gasteiger partial charge in [-0.2, -0.15) is 8.42 Å². The van der Waals surface area contributed by atoms with E-state index in [-0.39, 0.29) is 34.5 Å². The number of nitrogens with two attached hydrogens (primary N) is 1. The molecule has 0 unspecified atom stereocenters. The fourth-order valence-corrected chi connectivity index (χ4v) is 2.42. The maximum absolute atomic E-state index is 11.3. The van der Waals surface area contributed by atoms with Crippen LogP contribution >= 0.6 is 0 Å². The van der Waals surface area contributed by atoms with Gasteiger partial charge in [0.2, 0.25) is 0 Å². The van der Waals surface area contributed by atoms with Crippen molar-refractivity contribution >= 4 is 45.4 Å². The fraction of sp³-hybridized carbons (Fsp3) is 0. The minimum absolute atomic E-state index is 0. The van der Waals surface area contributed by atoms with E-state index < -0.39 is 10.1 Å². The molecule has 0 radical (unpaired) electrons. The molecule has 0 saturated heterocycles. The van der Waals surface area contributed by atoms with Gasteiger partial charge in [0.05, 0.1) is 0 Å². The topological polar surface area (TPSA) is 80.4 Å². The van der Waals surface area contributed by atoms with Gasteiger partial charge in [0.1, 0.15) is 4.90 Å². The Hall–Kier alpha value is -0.850. The van der Waals surface area contributed by atoms with Crippen molar-refractivity contribution in [2.24, 2.45) is 0 Å². The molecule has 0 aliphatic carbocycles. The molecule has 0 spiro atoms. The summed E-state index contributed by atoms with van der Waals surface area (Å²) in [5.74, 6) is 0. The molecule has 4 nitrogen and oxygen atoms in total. The van der Waals surface area contributed by atoms with Crippen LogP contribution in [-0.2, 0) is 10.1 Å². The van der Waals surface area contributed by atoms with Crippen LogP contribution in [-0.4, -0.2) is 42.5 Å². The van der Waals surface area contributed by atoms with Crippen LogP contribution < -0.4 is 5.73 Å². The van der Waals surface area contributed by atoms with Gasteiger partial charge in [0, 0.05) is 11.3 Å². The van der Waals surface area contributed by atoms with Gasteiger partial charge in [0.15, 0.2) is 0 Å². The van der Waals surface area contributed by atoms with E-state index in [1.807, 2.05) is 6.07 Å². The van der Waals surface area contributed by atoms with Crippen molar-refractivity contribution < 1.29 is 13.0 Å². The number of nitrogen functional groups attached to an aromatic ring is 1. The Bertz CT molecular complexity index is 642. The second-order valence-corrected chi connectivity index (χ2v) is 4.95. The average Bonchev–Trinajstić information content (AvgIpc) is 2.28. The van der Waals surface area contributed by atoms with Crippen LogP contribution in [0.5, 0.6) is 0 Å². The van der Waals surface area contributed by atoms with E-state index in [2.05, 4.69) is 0 Å². The van der Waals surface area contributed by atoms with E-state index in [9.17, 15) is 13.0 Å². The first-order chi connectivity index (χ1) is 8.00. The molecule has 0 aliphatic rings. The van der Waals surface area contributed by atoms with Crippen LogP contribution in [0.25, 0.3) is 11.1 Å². The number of benzene rings is 2. The van der Waals surface area contributed by atoms with Crippen molar-refractivity contribution in [3.63, 3.8) is 0 Å². The average molecular weight is 273 g/mol. The molecule has 90 valence electrons. The minimum atomic E-state index is -4.28. The summed E-state index contributed by atoms with van der Waals surface area (Å²) in [6.45, 7) is 0. The van der Waals surface area contributed by atoms with Crippen molar-refractivity contribution in [2.45, 2.75) is 4.90 Å². The third-order valence-corrected chi connectivity index (χ3v) is 3.29. The van der Waals surface area contributed by atoms with Gasteiger partial charge < -0.3 is 5.73 Å². The molecule has 2 rings (SSSR count). The number of hydrogen-bond donors (Lipinski definition) is 2. The number of hydrogen-bond acceptors (Lipinski definition) is 3. The van der Waals surface area contributed by atoms with Crippen LogP contribution in [0.1, 0.15) is 0 Å². The van der Waals surface area contributed by atoms with Crippen LogP contribution in [0, 0.1) is 0 Å². The number of anilines is 1. The Balaban J connectivity index is 0.00000162. The van der Waals surface area contributed by atoms with Crippen molar-refractivity contribution in [1.82, 2.24) is 0 Å². The Morgan fingerprint density at radius 3 is 2.11 bits per heavy atom. The molecule has 0 amide bonds. The molecular formula is C12H12NNaO3S. The van der Waals surface area contributed by atoms with E-state index in [1.54, 1.807) is 30.3 Å². The van der Waals surface area contributed by atoms with E-state index in [0.717, 1.165) is 0 Å². The molecular weight excluding hydrogens is 261 g/mol. The summed E-state index contributed by atoms with van der Waals surface area (Å²) in [5.41, 5.74) is 7.07. The van der Waals surface area contributed by atoms with Crippen LogP contribution in [0.3, 0.4) is 0 Å². The van der Waals surface area contributed by atoms with Gasteiger partial charge in [0.25, 0.3) is 10.1 Å². The zero-order valence-corrected chi connectivity index (χ0v) is 9.68. The Kier molecular flexibility index (Phi) is 4.95. The zero-order valence-electron chi connectivity index (χ0n) is 8.87. The predicted molar refractivity (Wildman–Crippen MR) is 73.3 cm³/mol. The molecule has 0 fully saturated rings. The van der Waals surface area contributed by atoms with Gasteiger partial charge >= 0.3 is 29.6 Å². The predicted octanol–water partition coefficient (Wildman–Crippen LogP) is 1.53. The first-order valence-electron chi connectivity index (χ1n) is 4.91. The van der Waals surface area contributed by atoms with Gasteiger partial charge in [-0.15, -0.1) is 0 Å². The first kappa shape index (κ1) is 15.2. The second-order valence-electron chi connectivity index (χ2n) is 3.56. The molecule has 6 heteroatoms. The van der Waals surface area contributed by atoms with Gasteiger partial charge in [-0.25, -0.2) is 0 Å². The molecule has 0 heterocycles. The van der Waals surface area contributed by atoms with Crippen molar-refractivity contribution in [3.8, 4) is 11.1 Å². The number of rotatable bonds is 2. The van der Waals surface area contributed by atoms with Crippen molar-refractivity contribution in [3.05, 3.63) is 48.5 Å². The summed E-state index contributed by atoms with van der Waals surface area (Å²) in [6.07, 6.45) is 0. The molecule has 0 bridgehead atoms. The maximum atomic E-state index is 11.3. The van der Waals surface area contributed by atoms with Gasteiger partial charge in [-0.3, -0.25) is 4.55 Å². The van der Waals surface area contributed by atoms with Crippen LogP contribution in [0.2, 0.25) is 0 Å². The third-order valence-electron chi connectivity index (χ3n) is 2.40. The molecule has 2 aromatic carbocycles. The van der Waals surface area contributed by atoms with Crippen molar-refractivity contribution in [2.75, 3.05) is 5.73 Å². The third kappa shape index (κ3) is 3.13. The van der Waals surface area contributed by atoms with E-state index >= 15 is 0 Å².